The molecule has 3 N–H and O–H groups in total. The van der Waals surface area contributed by atoms with E-state index in [1.54, 1.807) is 6.07 Å². The largest absolute Gasteiger partial charge is 0.353 e. The highest BCUT2D eigenvalue weighted by Gasteiger charge is 2.27. The molecule has 1 aromatic carbocycles. The lowest BCUT2D eigenvalue weighted by Gasteiger charge is -2.29. The van der Waals surface area contributed by atoms with Gasteiger partial charge in [0.05, 0.1) is 5.02 Å². The van der Waals surface area contributed by atoms with Gasteiger partial charge in [-0.2, -0.15) is 0 Å². The van der Waals surface area contributed by atoms with E-state index in [1.165, 1.54) is 0 Å². The minimum atomic E-state index is 0.00602. The maximum absolute atomic E-state index is 12.7. The number of Topliss-reactive ketones (excluding diaryl/α,β-unsaturated/α-hetero) is 2. The van der Waals surface area contributed by atoms with E-state index in [-0.39, 0.29) is 23.5 Å². The standard InChI is InChI=1S/C20H25ClN2O3/c21-18-11-14-9-16(24)8-13(14)10-17(18)19(25)7-12-1-3-15(4-2-12)23-20(26)5-6-22/h10-12,15H,1-9,22H2,(H,23,26). The van der Waals surface area contributed by atoms with Gasteiger partial charge in [0.25, 0.3) is 0 Å². The Morgan fingerprint density at radius 3 is 2.42 bits per heavy atom. The highest BCUT2D eigenvalue weighted by Crippen LogP contribution is 2.32. The van der Waals surface area contributed by atoms with Crippen LogP contribution in [0.5, 0.6) is 0 Å². The van der Waals surface area contributed by atoms with Gasteiger partial charge >= 0.3 is 0 Å². The van der Waals surface area contributed by atoms with Crippen LogP contribution in [0.2, 0.25) is 5.02 Å². The van der Waals surface area contributed by atoms with E-state index in [0.717, 1.165) is 36.8 Å². The quantitative estimate of drug-likeness (QED) is 0.747. The minimum absolute atomic E-state index is 0.00602. The Hall–Kier alpha value is -1.72. The van der Waals surface area contributed by atoms with Crippen LogP contribution in [0.3, 0.4) is 0 Å². The number of benzene rings is 1. The molecule has 3 rings (SSSR count). The third-order valence-electron chi connectivity index (χ3n) is 5.42. The third kappa shape index (κ3) is 4.51. The molecule has 26 heavy (non-hydrogen) atoms. The Balaban J connectivity index is 1.54. The third-order valence-corrected chi connectivity index (χ3v) is 5.73. The summed E-state index contributed by atoms with van der Waals surface area (Å²) < 4.78 is 0. The van der Waals surface area contributed by atoms with Crippen molar-refractivity contribution < 1.29 is 14.4 Å². The molecule has 1 aromatic rings. The van der Waals surface area contributed by atoms with Crippen LogP contribution in [0.4, 0.5) is 0 Å². The topological polar surface area (TPSA) is 89.3 Å². The van der Waals surface area contributed by atoms with Gasteiger partial charge in [-0.25, -0.2) is 0 Å². The molecule has 6 heteroatoms. The van der Waals surface area contributed by atoms with Crippen molar-refractivity contribution in [3.63, 3.8) is 0 Å². The number of ketones is 2. The van der Waals surface area contributed by atoms with Gasteiger partial charge in [-0.3, -0.25) is 14.4 Å². The number of nitrogens with two attached hydrogens (primary N) is 1. The summed E-state index contributed by atoms with van der Waals surface area (Å²) in [5.74, 6) is 0.547. The Bertz CT molecular complexity index is 724. The van der Waals surface area contributed by atoms with Gasteiger partial charge in [-0.15, -0.1) is 0 Å². The number of rotatable bonds is 6. The van der Waals surface area contributed by atoms with Crippen LogP contribution in [-0.4, -0.2) is 30.1 Å². The van der Waals surface area contributed by atoms with E-state index in [1.807, 2.05) is 6.07 Å². The summed E-state index contributed by atoms with van der Waals surface area (Å²) >= 11 is 6.29. The normalized spacial score (nSPS) is 22.2. The molecule has 0 heterocycles. The van der Waals surface area contributed by atoms with Gasteiger partial charge in [-0.05, 0) is 54.9 Å². The molecule has 0 aliphatic heterocycles. The summed E-state index contributed by atoms with van der Waals surface area (Å²) in [6, 6.07) is 3.78. The molecule has 2 aliphatic rings. The number of carbonyl (C=O) groups is 3. The monoisotopic (exact) mass is 376 g/mol. The lowest BCUT2D eigenvalue weighted by molar-refractivity contribution is -0.122. The maximum Gasteiger partial charge on any atom is 0.221 e. The van der Waals surface area contributed by atoms with Crippen molar-refractivity contribution in [1.82, 2.24) is 5.32 Å². The van der Waals surface area contributed by atoms with Crippen molar-refractivity contribution in [1.29, 1.82) is 0 Å². The first-order valence-corrected chi connectivity index (χ1v) is 9.69. The molecule has 1 amide bonds. The second-order valence-electron chi connectivity index (χ2n) is 7.44. The van der Waals surface area contributed by atoms with Gasteiger partial charge in [0.15, 0.2) is 5.78 Å². The SMILES string of the molecule is NCCC(=O)NC1CCC(CC(=O)c2cc3c(cc2Cl)CC(=O)C3)CC1. The summed E-state index contributed by atoms with van der Waals surface area (Å²) in [4.78, 5) is 35.9. The van der Waals surface area contributed by atoms with Gasteiger partial charge in [0, 0.05) is 43.8 Å². The van der Waals surface area contributed by atoms with Gasteiger partial charge in [0.1, 0.15) is 5.78 Å². The number of hydrogen-bond donors (Lipinski definition) is 2. The van der Waals surface area contributed by atoms with Crippen molar-refractivity contribution in [2.75, 3.05) is 6.54 Å². The van der Waals surface area contributed by atoms with E-state index in [2.05, 4.69) is 5.32 Å². The zero-order chi connectivity index (χ0) is 18.7. The van der Waals surface area contributed by atoms with E-state index < -0.39 is 0 Å². The summed E-state index contributed by atoms with van der Waals surface area (Å²) in [6.45, 7) is 0.364. The van der Waals surface area contributed by atoms with Gasteiger partial charge < -0.3 is 11.1 Å². The fourth-order valence-electron chi connectivity index (χ4n) is 4.00. The molecule has 0 radical (unpaired) electrons. The lowest BCUT2D eigenvalue weighted by Crippen LogP contribution is -2.38. The number of amides is 1. The molecule has 1 saturated carbocycles. The number of hydrogen-bond acceptors (Lipinski definition) is 4. The number of halogens is 1. The van der Waals surface area contributed by atoms with Crippen molar-refractivity contribution in [3.05, 3.63) is 33.8 Å². The molecule has 140 valence electrons. The van der Waals surface area contributed by atoms with Crippen LogP contribution < -0.4 is 11.1 Å². The smallest absolute Gasteiger partial charge is 0.221 e. The first-order chi connectivity index (χ1) is 12.5. The summed E-state index contributed by atoms with van der Waals surface area (Å²) in [6.07, 6.45) is 5.26. The Kier molecular flexibility index (Phi) is 6.09. The van der Waals surface area contributed by atoms with Crippen LogP contribution in [0.15, 0.2) is 12.1 Å². The average molecular weight is 377 g/mol. The van der Waals surface area contributed by atoms with Crippen LogP contribution in [-0.2, 0) is 22.4 Å². The van der Waals surface area contributed by atoms with Crippen molar-refractivity contribution in [3.8, 4) is 0 Å². The average Bonchev–Trinajstić information content (AvgIpc) is 2.95. The van der Waals surface area contributed by atoms with Gasteiger partial charge in [0.2, 0.25) is 5.91 Å². The number of nitrogens with one attached hydrogen (secondary N) is 1. The van der Waals surface area contributed by atoms with E-state index >= 15 is 0 Å². The van der Waals surface area contributed by atoms with E-state index in [4.69, 9.17) is 17.3 Å². The molecule has 0 unspecified atom stereocenters. The molecule has 0 aromatic heterocycles. The molecule has 1 fully saturated rings. The summed E-state index contributed by atoms with van der Waals surface area (Å²) in [7, 11) is 0. The molecule has 5 nitrogen and oxygen atoms in total. The molecule has 0 spiro atoms. The van der Waals surface area contributed by atoms with Crippen LogP contribution in [0.25, 0.3) is 0 Å². The first kappa shape index (κ1) is 19.1. The highest BCUT2D eigenvalue weighted by atomic mass is 35.5. The zero-order valence-electron chi connectivity index (χ0n) is 14.9. The molecular formula is C20H25ClN2O3. The second-order valence-corrected chi connectivity index (χ2v) is 7.85. The predicted molar refractivity (Wildman–Crippen MR) is 100 cm³/mol. The van der Waals surface area contributed by atoms with Crippen LogP contribution in [0.1, 0.15) is 60.0 Å². The maximum atomic E-state index is 12.7. The molecule has 2 aliphatic carbocycles. The fourth-order valence-corrected chi connectivity index (χ4v) is 4.30. The van der Waals surface area contributed by atoms with Crippen molar-refractivity contribution in [2.45, 2.75) is 57.4 Å². The summed E-state index contributed by atoms with van der Waals surface area (Å²) in [5.41, 5.74) is 7.82. The lowest BCUT2D eigenvalue weighted by atomic mass is 9.82. The Labute approximate surface area is 158 Å². The Morgan fingerprint density at radius 2 is 1.77 bits per heavy atom. The van der Waals surface area contributed by atoms with E-state index in [0.29, 0.717) is 48.7 Å². The van der Waals surface area contributed by atoms with Crippen LogP contribution >= 0.6 is 11.6 Å². The molecule has 0 bridgehead atoms. The number of carbonyl (C=O) groups excluding carboxylic acids is 3. The molecule has 0 saturated heterocycles. The minimum Gasteiger partial charge on any atom is -0.353 e. The van der Waals surface area contributed by atoms with Crippen molar-refractivity contribution in [2.24, 2.45) is 11.7 Å². The Morgan fingerprint density at radius 1 is 1.12 bits per heavy atom. The fraction of sp³-hybridized carbons (Fsp3) is 0.550. The first-order valence-electron chi connectivity index (χ1n) is 9.32. The van der Waals surface area contributed by atoms with Gasteiger partial charge in [-0.1, -0.05) is 11.6 Å². The van der Waals surface area contributed by atoms with E-state index in [9.17, 15) is 14.4 Å². The van der Waals surface area contributed by atoms with Crippen LogP contribution in [0, 0.1) is 5.92 Å². The predicted octanol–water partition coefficient (Wildman–Crippen LogP) is 2.60. The molecule has 0 atom stereocenters. The second kappa shape index (κ2) is 8.31. The summed E-state index contributed by atoms with van der Waals surface area (Å²) in [5, 5.41) is 3.46. The van der Waals surface area contributed by atoms with Crippen molar-refractivity contribution >= 4 is 29.1 Å². The highest BCUT2D eigenvalue weighted by molar-refractivity contribution is 6.34. The zero-order valence-corrected chi connectivity index (χ0v) is 15.6. The molecular weight excluding hydrogens is 352 g/mol. The number of fused-ring (bicyclic) bond motifs is 1.